The highest BCUT2D eigenvalue weighted by Crippen LogP contribution is 2.56. The molecule has 2 aliphatic rings. The topological polar surface area (TPSA) is 95.2 Å². The van der Waals surface area contributed by atoms with Crippen LogP contribution in [-0.4, -0.2) is 5.71 Å². The number of thioether (sulfide) groups is 1. The van der Waals surface area contributed by atoms with E-state index in [4.69, 9.17) is 5.41 Å². The van der Waals surface area contributed by atoms with Gasteiger partial charge < -0.3 is 5.41 Å². The molecule has 1 fully saturated rings. The standard InChI is InChI=1S/C28H25BrN4S/c1-17-11-18(2)24(12-19(17)14-34-21-9-7-20(29)8-10-21)26-23-6-4-3-5-22(23)25(13-30)27(33)28(26,15-31)16-32/h5,7-12,23,25-26,33H,3-4,6,14H2,1-2H3/t23-,25-,26+/m1/s1. The molecule has 34 heavy (non-hydrogen) atoms. The smallest absolute Gasteiger partial charge is 0.189 e. The minimum absolute atomic E-state index is 0.0693. The molecule has 0 heterocycles. The molecule has 0 radical (unpaired) electrons. The Labute approximate surface area is 213 Å². The van der Waals surface area contributed by atoms with Gasteiger partial charge in [0.2, 0.25) is 0 Å². The van der Waals surface area contributed by atoms with Crippen molar-refractivity contribution in [1.29, 1.82) is 21.2 Å². The van der Waals surface area contributed by atoms with Crippen LogP contribution in [0.15, 0.2) is 57.4 Å². The molecular formula is C28H25BrN4S. The number of allylic oxidation sites excluding steroid dienone is 2. The third kappa shape index (κ3) is 4.09. The van der Waals surface area contributed by atoms with Crippen LogP contribution in [0.25, 0.3) is 0 Å². The number of hydrogen-bond donors (Lipinski definition) is 1. The van der Waals surface area contributed by atoms with Crippen molar-refractivity contribution in [2.45, 2.75) is 49.7 Å². The lowest BCUT2D eigenvalue weighted by atomic mass is 9.52. The average Bonchev–Trinajstić information content (AvgIpc) is 2.84. The second-order valence-corrected chi connectivity index (χ2v) is 11.1. The summed E-state index contributed by atoms with van der Waals surface area (Å²) >= 11 is 5.23. The van der Waals surface area contributed by atoms with Crippen LogP contribution in [0, 0.1) is 70.5 Å². The highest BCUT2D eigenvalue weighted by atomic mass is 79.9. The first-order valence-electron chi connectivity index (χ1n) is 11.4. The van der Waals surface area contributed by atoms with E-state index in [2.05, 4.69) is 71.4 Å². The minimum Gasteiger partial charge on any atom is -0.305 e. The number of benzene rings is 2. The van der Waals surface area contributed by atoms with Crippen LogP contribution in [0.4, 0.5) is 0 Å². The Morgan fingerprint density at radius 1 is 1.09 bits per heavy atom. The third-order valence-electron chi connectivity index (χ3n) is 7.19. The summed E-state index contributed by atoms with van der Waals surface area (Å²) in [6.07, 6.45) is 4.73. The predicted octanol–water partition coefficient (Wildman–Crippen LogP) is 7.38. The maximum Gasteiger partial charge on any atom is 0.189 e. The SMILES string of the molecule is Cc1cc(C)c([C@@H]2[C@@H]3CCCC=C3[C@@H](C#N)C(=N)C2(C#N)C#N)cc1CSc1ccc(Br)cc1. The molecule has 4 nitrogen and oxygen atoms in total. The summed E-state index contributed by atoms with van der Waals surface area (Å²) in [4.78, 5) is 1.17. The molecule has 0 amide bonds. The number of aryl methyl sites for hydroxylation is 2. The van der Waals surface area contributed by atoms with E-state index in [-0.39, 0.29) is 11.6 Å². The summed E-state index contributed by atoms with van der Waals surface area (Å²) < 4.78 is 1.04. The Morgan fingerprint density at radius 2 is 1.79 bits per heavy atom. The summed E-state index contributed by atoms with van der Waals surface area (Å²) in [5.41, 5.74) is 3.53. The zero-order chi connectivity index (χ0) is 24.5. The molecular weight excluding hydrogens is 504 g/mol. The fraction of sp³-hybridized carbons (Fsp3) is 0.357. The number of nitrogens with zero attached hydrogens (tertiary/aromatic N) is 3. The van der Waals surface area contributed by atoms with Crippen molar-refractivity contribution < 1.29 is 0 Å². The van der Waals surface area contributed by atoms with E-state index in [1.54, 1.807) is 11.8 Å². The lowest BCUT2D eigenvalue weighted by Gasteiger charge is -2.46. The molecule has 0 aromatic heterocycles. The van der Waals surface area contributed by atoms with Crippen molar-refractivity contribution in [2.24, 2.45) is 17.3 Å². The van der Waals surface area contributed by atoms with Gasteiger partial charge >= 0.3 is 0 Å². The second kappa shape index (κ2) is 9.79. The second-order valence-electron chi connectivity index (χ2n) is 9.10. The van der Waals surface area contributed by atoms with E-state index in [1.165, 1.54) is 10.5 Å². The summed E-state index contributed by atoms with van der Waals surface area (Å²) in [6, 6.07) is 19.2. The summed E-state index contributed by atoms with van der Waals surface area (Å²) in [5.74, 6) is -0.562. The van der Waals surface area contributed by atoms with Crippen molar-refractivity contribution in [1.82, 2.24) is 0 Å². The Kier molecular flexibility index (Phi) is 6.99. The Balaban J connectivity index is 1.81. The Bertz CT molecular complexity index is 1280. The molecule has 6 heteroatoms. The molecule has 3 atom stereocenters. The number of hydrogen-bond acceptors (Lipinski definition) is 5. The lowest BCUT2D eigenvalue weighted by molar-refractivity contribution is 0.319. The maximum absolute atomic E-state index is 10.3. The van der Waals surface area contributed by atoms with Crippen molar-refractivity contribution in [3.63, 3.8) is 0 Å². The summed E-state index contributed by atoms with van der Waals surface area (Å²) in [6.45, 7) is 4.12. The zero-order valence-corrected chi connectivity index (χ0v) is 21.6. The molecule has 1 saturated carbocycles. The molecule has 0 unspecified atom stereocenters. The largest absolute Gasteiger partial charge is 0.305 e. The zero-order valence-electron chi connectivity index (χ0n) is 19.2. The van der Waals surface area contributed by atoms with E-state index in [0.717, 1.165) is 51.8 Å². The number of halogens is 1. The van der Waals surface area contributed by atoms with Crippen LogP contribution < -0.4 is 0 Å². The molecule has 0 aliphatic heterocycles. The molecule has 2 aromatic carbocycles. The van der Waals surface area contributed by atoms with Crippen LogP contribution in [-0.2, 0) is 5.75 Å². The van der Waals surface area contributed by atoms with Gasteiger partial charge in [-0.1, -0.05) is 34.1 Å². The van der Waals surface area contributed by atoms with Gasteiger partial charge in [0.25, 0.3) is 0 Å². The summed E-state index contributed by atoms with van der Waals surface area (Å²) in [7, 11) is 0. The molecule has 2 aliphatic carbocycles. The van der Waals surface area contributed by atoms with Crippen molar-refractivity contribution in [3.8, 4) is 18.2 Å². The van der Waals surface area contributed by atoms with E-state index >= 15 is 0 Å². The van der Waals surface area contributed by atoms with Gasteiger partial charge in [-0.05, 0) is 91.1 Å². The number of nitrogens with one attached hydrogen (secondary N) is 1. The van der Waals surface area contributed by atoms with Gasteiger partial charge in [-0.25, -0.2) is 0 Å². The van der Waals surface area contributed by atoms with Crippen LogP contribution in [0.5, 0.6) is 0 Å². The van der Waals surface area contributed by atoms with Gasteiger partial charge in [0.1, 0.15) is 5.92 Å². The van der Waals surface area contributed by atoms with E-state index < -0.39 is 17.3 Å². The fourth-order valence-corrected chi connectivity index (χ4v) is 6.68. The normalized spacial score (nSPS) is 23.1. The molecule has 0 saturated heterocycles. The molecule has 1 N–H and O–H groups in total. The molecule has 4 rings (SSSR count). The van der Waals surface area contributed by atoms with Crippen molar-refractivity contribution in [3.05, 3.63) is 74.8 Å². The molecule has 2 aromatic rings. The number of nitriles is 3. The molecule has 0 bridgehead atoms. The average molecular weight is 530 g/mol. The van der Waals surface area contributed by atoms with Gasteiger partial charge in [0.05, 0.1) is 23.9 Å². The van der Waals surface area contributed by atoms with Gasteiger partial charge in [-0.2, -0.15) is 15.8 Å². The number of rotatable bonds is 4. The van der Waals surface area contributed by atoms with Gasteiger partial charge in [0.15, 0.2) is 5.41 Å². The first-order valence-corrected chi connectivity index (χ1v) is 13.1. The minimum atomic E-state index is -1.64. The Morgan fingerprint density at radius 3 is 2.44 bits per heavy atom. The highest BCUT2D eigenvalue weighted by Gasteiger charge is 2.57. The van der Waals surface area contributed by atoms with Crippen LogP contribution >= 0.6 is 27.7 Å². The quantitative estimate of drug-likeness (QED) is 0.330. The fourth-order valence-electron chi connectivity index (χ4n) is 5.45. The highest BCUT2D eigenvalue weighted by molar-refractivity contribution is 9.10. The van der Waals surface area contributed by atoms with Crippen LogP contribution in [0.3, 0.4) is 0 Å². The first kappa shape index (κ1) is 24.3. The summed E-state index contributed by atoms with van der Waals surface area (Å²) in [5, 5.41) is 39.2. The van der Waals surface area contributed by atoms with Crippen molar-refractivity contribution >= 4 is 33.4 Å². The van der Waals surface area contributed by atoms with Crippen LogP contribution in [0.2, 0.25) is 0 Å². The first-order chi connectivity index (χ1) is 16.4. The predicted molar refractivity (Wildman–Crippen MR) is 138 cm³/mol. The van der Waals surface area contributed by atoms with Crippen LogP contribution in [0.1, 0.15) is 47.4 Å². The van der Waals surface area contributed by atoms with Gasteiger partial charge in [0, 0.05) is 21.0 Å². The van der Waals surface area contributed by atoms with E-state index in [9.17, 15) is 15.8 Å². The number of fused-ring (bicyclic) bond motifs is 1. The van der Waals surface area contributed by atoms with Gasteiger partial charge in [-0.3, -0.25) is 0 Å². The van der Waals surface area contributed by atoms with E-state index in [0.29, 0.717) is 0 Å². The third-order valence-corrected chi connectivity index (χ3v) is 8.78. The van der Waals surface area contributed by atoms with Crippen molar-refractivity contribution in [2.75, 3.05) is 0 Å². The Hall–Kier alpha value is -2.85. The molecule has 0 spiro atoms. The lowest BCUT2D eigenvalue weighted by Crippen LogP contribution is -2.49. The maximum atomic E-state index is 10.3. The van der Waals surface area contributed by atoms with Gasteiger partial charge in [-0.15, -0.1) is 11.8 Å². The molecule has 170 valence electrons. The van der Waals surface area contributed by atoms with E-state index in [1.807, 2.05) is 19.1 Å². The monoisotopic (exact) mass is 528 g/mol.